The fourth-order valence-corrected chi connectivity index (χ4v) is 3.33. The molecule has 0 bridgehead atoms. The molecular weight excluding hydrogens is 376 g/mol. The van der Waals surface area contributed by atoms with Gasteiger partial charge in [-0.3, -0.25) is 9.52 Å². The summed E-state index contributed by atoms with van der Waals surface area (Å²) in [6.45, 7) is 15.3. The molecule has 0 fully saturated rings. The summed E-state index contributed by atoms with van der Waals surface area (Å²) in [6, 6.07) is 6.50. The molecule has 0 aliphatic rings. The van der Waals surface area contributed by atoms with Crippen molar-refractivity contribution in [1.29, 1.82) is 0 Å². The Morgan fingerprint density at radius 3 is 2.21 bits per heavy atom. The zero-order valence-corrected chi connectivity index (χ0v) is 19.0. The van der Waals surface area contributed by atoms with E-state index in [4.69, 9.17) is 4.74 Å². The van der Waals surface area contributed by atoms with Crippen molar-refractivity contribution < 1.29 is 18.5 Å². The minimum absolute atomic E-state index is 0.0946. The van der Waals surface area contributed by atoms with Gasteiger partial charge in [-0.25, -0.2) is 9.00 Å². The second kappa shape index (κ2) is 9.54. The molecule has 0 aliphatic carbocycles. The summed E-state index contributed by atoms with van der Waals surface area (Å²) in [7, 11) is -1.72. The van der Waals surface area contributed by atoms with Gasteiger partial charge in [0.15, 0.2) is 11.0 Å². The van der Waals surface area contributed by atoms with Gasteiger partial charge in [-0.15, -0.1) is 0 Å². The molecule has 0 heterocycles. The highest BCUT2D eigenvalue weighted by atomic mass is 32.2. The predicted octanol–water partition coefficient (Wildman–Crippen LogP) is 4.06. The van der Waals surface area contributed by atoms with E-state index in [-0.39, 0.29) is 11.3 Å². The van der Waals surface area contributed by atoms with Crippen molar-refractivity contribution in [3.63, 3.8) is 0 Å². The van der Waals surface area contributed by atoms with Gasteiger partial charge in [-0.2, -0.15) is 0 Å². The molecule has 158 valence electrons. The number of carbonyl (C=O) groups excluding carboxylic acids is 2. The molecule has 1 rings (SSSR count). The quantitative estimate of drug-likeness (QED) is 0.741. The molecule has 2 amide bonds. The Morgan fingerprint density at radius 2 is 1.71 bits per heavy atom. The van der Waals surface area contributed by atoms with Crippen molar-refractivity contribution in [2.24, 2.45) is 5.92 Å². The number of carbonyl (C=O) groups is 2. The second-order valence-corrected chi connectivity index (χ2v) is 10.6. The number of alkyl carbamates (subject to hydrolysis) is 1. The number of nitrogens with one attached hydrogen (secondary N) is 2. The van der Waals surface area contributed by atoms with Crippen LogP contribution in [0.15, 0.2) is 29.2 Å². The summed E-state index contributed by atoms with van der Waals surface area (Å²) >= 11 is 0. The van der Waals surface area contributed by atoms with Crippen LogP contribution in [0.25, 0.3) is 0 Å². The minimum atomic E-state index is -1.72. The third-order valence-electron chi connectivity index (χ3n) is 3.82. The lowest BCUT2D eigenvalue weighted by Gasteiger charge is -2.24. The smallest absolute Gasteiger partial charge is 0.408 e. The van der Waals surface area contributed by atoms with Crippen LogP contribution in [-0.2, 0) is 25.9 Å². The van der Waals surface area contributed by atoms with Crippen LogP contribution in [0, 0.1) is 5.92 Å². The SMILES string of the molecule is CC(C)C[C@H](NC(=O)OC(C)(C)C)C(=O)NS(=O)c1cccc(C(C)(C)C)c1. The zero-order chi connectivity index (χ0) is 21.7. The maximum absolute atomic E-state index is 12.7. The number of hydrogen-bond acceptors (Lipinski definition) is 4. The first-order chi connectivity index (χ1) is 12.7. The highest BCUT2D eigenvalue weighted by Crippen LogP contribution is 2.23. The van der Waals surface area contributed by atoms with E-state index in [2.05, 4.69) is 30.8 Å². The van der Waals surface area contributed by atoms with Crippen molar-refractivity contribution in [2.45, 2.75) is 83.8 Å². The van der Waals surface area contributed by atoms with Gasteiger partial charge < -0.3 is 10.1 Å². The monoisotopic (exact) mass is 410 g/mol. The molecule has 1 aromatic carbocycles. The maximum Gasteiger partial charge on any atom is 0.408 e. The van der Waals surface area contributed by atoms with E-state index >= 15 is 0 Å². The summed E-state index contributed by atoms with van der Waals surface area (Å²) in [5, 5.41) is 2.59. The molecule has 0 spiro atoms. The van der Waals surface area contributed by atoms with E-state index in [9.17, 15) is 13.8 Å². The normalized spacial score (nSPS) is 14.3. The summed E-state index contributed by atoms with van der Waals surface area (Å²) < 4.78 is 20.4. The largest absolute Gasteiger partial charge is 0.444 e. The fourth-order valence-electron chi connectivity index (χ4n) is 2.45. The van der Waals surface area contributed by atoms with Gasteiger partial charge in [-0.1, -0.05) is 46.8 Å². The topological polar surface area (TPSA) is 84.5 Å². The summed E-state index contributed by atoms with van der Waals surface area (Å²) in [5.41, 5.74) is 0.264. The van der Waals surface area contributed by atoms with Crippen LogP contribution in [0.5, 0.6) is 0 Å². The van der Waals surface area contributed by atoms with Crippen molar-refractivity contribution in [2.75, 3.05) is 0 Å². The van der Waals surface area contributed by atoms with Crippen LogP contribution in [0.4, 0.5) is 4.79 Å². The Labute approximate surface area is 171 Å². The van der Waals surface area contributed by atoms with Gasteiger partial charge in [0.05, 0.1) is 4.90 Å². The Bertz CT molecular complexity index is 718. The van der Waals surface area contributed by atoms with E-state index in [0.29, 0.717) is 11.3 Å². The minimum Gasteiger partial charge on any atom is -0.444 e. The Kier molecular flexibility index (Phi) is 8.23. The van der Waals surface area contributed by atoms with Crippen LogP contribution in [0.3, 0.4) is 0 Å². The number of ether oxygens (including phenoxy) is 1. The summed E-state index contributed by atoms with van der Waals surface area (Å²) in [6.07, 6.45) is -0.265. The average molecular weight is 411 g/mol. The fraction of sp³-hybridized carbons (Fsp3) is 0.619. The Morgan fingerprint density at radius 1 is 1.11 bits per heavy atom. The molecule has 1 aromatic rings. The van der Waals surface area contributed by atoms with Crippen LogP contribution in [0.2, 0.25) is 0 Å². The summed E-state index contributed by atoms with van der Waals surface area (Å²) in [4.78, 5) is 25.3. The Balaban J connectivity index is 2.90. The van der Waals surface area contributed by atoms with Gasteiger partial charge in [0.25, 0.3) is 5.91 Å². The molecule has 0 radical (unpaired) electrons. The lowest BCUT2D eigenvalue weighted by molar-refractivity contribution is -0.121. The van der Waals surface area contributed by atoms with Crippen molar-refractivity contribution in [3.8, 4) is 0 Å². The standard InChI is InChI=1S/C21H34N2O4S/c1-14(2)12-17(22-19(25)27-21(6,7)8)18(24)23-28(26)16-11-9-10-15(13-16)20(3,4)5/h9-11,13-14,17H,12H2,1-8H3,(H,22,25)(H,23,24)/t17-,28?/m0/s1. The van der Waals surface area contributed by atoms with Crippen LogP contribution in [-0.4, -0.2) is 27.9 Å². The van der Waals surface area contributed by atoms with E-state index < -0.39 is 34.6 Å². The van der Waals surface area contributed by atoms with E-state index in [1.165, 1.54) is 0 Å². The number of amides is 2. The van der Waals surface area contributed by atoms with Crippen LogP contribution >= 0.6 is 0 Å². The zero-order valence-electron chi connectivity index (χ0n) is 18.2. The molecule has 2 N–H and O–H groups in total. The molecule has 1 unspecified atom stereocenters. The first-order valence-electron chi connectivity index (χ1n) is 9.51. The van der Waals surface area contributed by atoms with Crippen molar-refractivity contribution in [1.82, 2.24) is 10.0 Å². The predicted molar refractivity (Wildman–Crippen MR) is 112 cm³/mol. The number of benzene rings is 1. The van der Waals surface area contributed by atoms with Crippen LogP contribution < -0.4 is 10.0 Å². The molecule has 6 nitrogen and oxygen atoms in total. The first-order valence-corrected chi connectivity index (χ1v) is 10.7. The van der Waals surface area contributed by atoms with Gasteiger partial charge in [0, 0.05) is 0 Å². The van der Waals surface area contributed by atoms with E-state index in [1.54, 1.807) is 26.8 Å². The third-order valence-corrected chi connectivity index (χ3v) is 4.89. The average Bonchev–Trinajstić information content (AvgIpc) is 2.51. The molecule has 0 aromatic heterocycles. The first kappa shape index (κ1) is 24.1. The molecule has 28 heavy (non-hydrogen) atoms. The van der Waals surface area contributed by atoms with Crippen molar-refractivity contribution in [3.05, 3.63) is 29.8 Å². The number of rotatable bonds is 6. The number of hydrogen-bond donors (Lipinski definition) is 2. The highest BCUT2D eigenvalue weighted by molar-refractivity contribution is 7.83. The molecular formula is C21H34N2O4S. The highest BCUT2D eigenvalue weighted by Gasteiger charge is 2.26. The molecule has 0 saturated carbocycles. The van der Waals surface area contributed by atoms with Gasteiger partial charge in [0.1, 0.15) is 11.6 Å². The summed E-state index contributed by atoms with van der Waals surface area (Å²) in [5.74, 6) is -0.345. The van der Waals surface area contributed by atoms with Crippen LogP contribution in [0.1, 0.15) is 67.4 Å². The van der Waals surface area contributed by atoms with Gasteiger partial charge >= 0.3 is 6.09 Å². The lowest BCUT2D eigenvalue weighted by atomic mass is 9.87. The van der Waals surface area contributed by atoms with Gasteiger partial charge in [-0.05, 0) is 56.2 Å². The maximum atomic E-state index is 12.7. The lowest BCUT2D eigenvalue weighted by Crippen LogP contribution is -2.49. The van der Waals surface area contributed by atoms with Crippen molar-refractivity contribution >= 4 is 23.0 Å². The molecule has 0 aliphatic heterocycles. The second-order valence-electron chi connectivity index (χ2n) is 9.34. The Hall–Kier alpha value is -1.89. The van der Waals surface area contributed by atoms with E-state index in [1.807, 2.05) is 32.0 Å². The van der Waals surface area contributed by atoms with E-state index in [0.717, 1.165) is 5.56 Å². The molecule has 2 atom stereocenters. The third kappa shape index (κ3) is 8.42. The molecule has 7 heteroatoms. The molecule has 0 saturated heterocycles. The van der Waals surface area contributed by atoms with Gasteiger partial charge in [0.2, 0.25) is 0 Å².